The molecule has 7 heteroatoms. The van der Waals surface area contributed by atoms with Crippen molar-refractivity contribution in [1.29, 1.82) is 0 Å². The Hall–Kier alpha value is -2.96. The lowest BCUT2D eigenvalue weighted by atomic mass is 10.2. The minimum atomic E-state index is -0.344. The van der Waals surface area contributed by atoms with Crippen molar-refractivity contribution in [1.82, 2.24) is 20.0 Å². The fourth-order valence-electron chi connectivity index (χ4n) is 2.12. The van der Waals surface area contributed by atoms with Gasteiger partial charge in [-0.05, 0) is 37.3 Å². The van der Waals surface area contributed by atoms with Crippen molar-refractivity contribution in [2.45, 2.75) is 6.92 Å². The summed E-state index contributed by atoms with van der Waals surface area (Å²) in [6.07, 6.45) is 1.63. The molecular formula is C15H14N4O3. The summed E-state index contributed by atoms with van der Waals surface area (Å²) in [5.41, 5.74) is 2.63. The molecule has 0 aliphatic heterocycles. The van der Waals surface area contributed by atoms with Crippen LogP contribution in [0.25, 0.3) is 16.7 Å². The topological polar surface area (TPSA) is 79.1 Å². The van der Waals surface area contributed by atoms with Gasteiger partial charge in [0.05, 0.1) is 25.0 Å². The molecule has 0 saturated carbocycles. The van der Waals surface area contributed by atoms with E-state index in [1.165, 1.54) is 7.11 Å². The molecular weight excluding hydrogens is 284 g/mol. The Kier molecular flexibility index (Phi) is 3.69. The monoisotopic (exact) mass is 298 g/mol. The second-order valence-electron chi connectivity index (χ2n) is 4.46. The lowest BCUT2D eigenvalue weighted by Crippen LogP contribution is -2.05. The molecule has 2 heterocycles. The summed E-state index contributed by atoms with van der Waals surface area (Å²) in [7, 11) is 1.54. The van der Waals surface area contributed by atoms with E-state index in [9.17, 15) is 4.79 Å². The van der Waals surface area contributed by atoms with Crippen molar-refractivity contribution < 1.29 is 14.3 Å². The summed E-state index contributed by atoms with van der Waals surface area (Å²) in [5.74, 6) is 0.0789. The Morgan fingerprint density at radius 1 is 1.23 bits per heavy atom. The van der Waals surface area contributed by atoms with Crippen LogP contribution in [0.2, 0.25) is 0 Å². The fourth-order valence-corrected chi connectivity index (χ4v) is 2.12. The van der Waals surface area contributed by atoms with Crippen LogP contribution in [0.4, 0.5) is 0 Å². The third kappa shape index (κ3) is 2.37. The van der Waals surface area contributed by atoms with Crippen LogP contribution in [0.5, 0.6) is 5.88 Å². The number of ether oxygens (including phenoxy) is 2. The number of rotatable bonds is 4. The minimum absolute atomic E-state index is 0.344. The number of hydrogen-bond donors (Lipinski definition) is 0. The van der Waals surface area contributed by atoms with Gasteiger partial charge in [0, 0.05) is 6.20 Å². The van der Waals surface area contributed by atoms with Gasteiger partial charge in [-0.2, -0.15) is 0 Å². The van der Waals surface area contributed by atoms with Crippen LogP contribution in [-0.4, -0.2) is 39.7 Å². The zero-order valence-corrected chi connectivity index (χ0v) is 12.2. The van der Waals surface area contributed by atoms with Crippen molar-refractivity contribution in [2.75, 3.05) is 13.7 Å². The predicted octanol–water partition coefficient (Wildman–Crippen LogP) is 2.00. The van der Waals surface area contributed by atoms with Gasteiger partial charge in [-0.25, -0.2) is 14.5 Å². The SMILES string of the molecule is CCOC(=O)c1ccc(-n2nnc3c(OC)nccc32)cc1. The molecule has 0 fully saturated rings. The Morgan fingerprint density at radius 2 is 2.00 bits per heavy atom. The number of fused-ring (bicyclic) bond motifs is 1. The van der Waals surface area contributed by atoms with Crippen LogP contribution >= 0.6 is 0 Å². The standard InChI is InChI=1S/C15H14N4O3/c1-3-22-15(20)10-4-6-11(7-5-10)19-12-8-9-16-14(21-2)13(12)17-18-19/h4-9H,3H2,1-2H3. The van der Waals surface area contributed by atoms with Crippen molar-refractivity contribution >= 4 is 17.0 Å². The quantitative estimate of drug-likeness (QED) is 0.685. The van der Waals surface area contributed by atoms with Gasteiger partial charge in [-0.1, -0.05) is 5.21 Å². The number of carbonyl (C=O) groups is 1. The number of benzene rings is 1. The number of methoxy groups -OCH3 is 1. The Labute approximate surface area is 126 Å². The van der Waals surface area contributed by atoms with Gasteiger partial charge >= 0.3 is 5.97 Å². The second-order valence-corrected chi connectivity index (χ2v) is 4.46. The lowest BCUT2D eigenvalue weighted by molar-refractivity contribution is 0.0526. The van der Waals surface area contributed by atoms with Gasteiger partial charge < -0.3 is 9.47 Å². The minimum Gasteiger partial charge on any atom is -0.479 e. The van der Waals surface area contributed by atoms with E-state index in [1.807, 2.05) is 0 Å². The van der Waals surface area contributed by atoms with Crippen LogP contribution < -0.4 is 4.74 Å². The maximum atomic E-state index is 11.7. The molecule has 2 aromatic heterocycles. The average Bonchev–Trinajstić information content (AvgIpc) is 2.99. The molecule has 3 aromatic rings. The maximum absolute atomic E-state index is 11.7. The van der Waals surface area contributed by atoms with E-state index in [0.717, 1.165) is 11.2 Å². The molecule has 0 N–H and O–H groups in total. The largest absolute Gasteiger partial charge is 0.479 e. The van der Waals surface area contributed by atoms with E-state index in [2.05, 4.69) is 15.3 Å². The van der Waals surface area contributed by atoms with E-state index < -0.39 is 0 Å². The summed E-state index contributed by atoms with van der Waals surface area (Å²) >= 11 is 0. The highest BCUT2D eigenvalue weighted by atomic mass is 16.5. The van der Waals surface area contributed by atoms with E-state index in [1.54, 1.807) is 48.1 Å². The third-order valence-corrected chi connectivity index (χ3v) is 3.15. The van der Waals surface area contributed by atoms with Gasteiger partial charge in [0.2, 0.25) is 5.88 Å². The third-order valence-electron chi connectivity index (χ3n) is 3.15. The molecule has 22 heavy (non-hydrogen) atoms. The maximum Gasteiger partial charge on any atom is 0.338 e. The summed E-state index contributed by atoms with van der Waals surface area (Å²) < 4.78 is 11.8. The Morgan fingerprint density at radius 3 is 2.68 bits per heavy atom. The number of aromatic nitrogens is 4. The van der Waals surface area contributed by atoms with Crippen LogP contribution in [-0.2, 0) is 4.74 Å². The predicted molar refractivity (Wildman–Crippen MR) is 79.2 cm³/mol. The first-order valence-electron chi connectivity index (χ1n) is 6.76. The molecule has 7 nitrogen and oxygen atoms in total. The van der Waals surface area contributed by atoms with Gasteiger partial charge in [0.1, 0.15) is 5.52 Å². The van der Waals surface area contributed by atoms with E-state index in [4.69, 9.17) is 9.47 Å². The van der Waals surface area contributed by atoms with Gasteiger partial charge in [0.25, 0.3) is 0 Å². The Balaban J connectivity index is 2.00. The molecule has 0 aliphatic rings. The second kappa shape index (κ2) is 5.80. The highest BCUT2D eigenvalue weighted by Gasteiger charge is 2.12. The molecule has 0 amide bonds. The number of pyridine rings is 1. The zero-order chi connectivity index (χ0) is 15.5. The van der Waals surface area contributed by atoms with Gasteiger partial charge in [0.15, 0.2) is 5.52 Å². The smallest absolute Gasteiger partial charge is 0.338 e. The number of carbonyl (C=O) groups excluding carboxylic acids is 1. The van der Waals surface area contributed by atoms with Gasteiger partial charge in [-0.3, -0.25) is 0 Å². The molecule has 3 rings (SSSR count). The summed E-state index contributed by atoms with van der Waals surface area (Å²) in [4.78, 5) is 15.7. The molecule has 0 aliphatic carbocycles. The first kappa shape index (κ1) is 14.0. The molecule has 0 radical (unpaired) electrons. The molecule has 0 bridgehead atoms. The highest BCUT2D eigenvalue weighted by molar-refractivity contribution is 5.89. The molecule has 0 atom stereocenters. The van der Waals surface area contributed by atoms with E-state index in [-0.39, 0.29) is 5.97 Å². The number of esters is 1. The van der Waals surface area contributed by atoms with Crippen molar-refractivity contribution in [3.63, 3.8) is 0 Å². The highest BCUT2D eigenvalue weighted by Crippen LogP contribution is 2.22. The van der Waals surface area contributed by atoms with Gasteiger partial charge in [-0.15, -0.1) is 5.10 Å². The molecule has 0 spiro atoms. The number of nitrogens with zero attached hydrogens (tertiary/aromatic N) is 4. The normalized spacial score (nSPS) is 10.6. The molecule has 0 unspecified atom stereocenters. The zero-order valence-electron chi connectivity index (χ0n) is 12.2. The first-order valence-corrected chi connectivity index (χ1v) is 6.76. The fraction of sp³-hybridized carbons (Fsp3) is 0.200. The lowest BCUT2D eigenvalue weighted by Gasteiger charge is -2.05. The van der Waals surface area contributed by atoms with Crippen molar-refractivity contribution in [2.24, 2.45) is 0 Å². The van der Waals surface area contributed by atoms with Crippen LogP contribution in [0.15, 0.2) is 36.5 Å². The van der Waals surface area contributed by atoms with Crippen molar-refractivity contribution in [3.8, 4) is 11.6 Å². The van der Waals surface area contributed by atoms with Crippen LogP contribution in [0.3, 0.4) is 0 Å². The number of hydrogen-bond acceptors (Lipinski definition) is 6. The van der Waals surface area contributed by atoms with E-state index >= 15 is 0 Å². The average molecular weight is 298 g/mol. The molecule has 112 valence electrons. The van der Waals surface area contributed by atoms with Crippen LogP contribution in [0, 0.1) is 0 Å². The molecule has 0 saturated heterocycles. The molecule has 1 aromatic carbocycles. The van der Waals surface area contributed by atoms with E-state index in [0.29, 0.717) is 23.6 Å². The van der Waals surface area contributed by atoms with Crippen LogP contribution in [0.1, 0.15) is 17.3 Å². The summed E-state index contributed by atoms with van der Waals surface area (Å²) in [6, 6.07) is 8.76. The van der Waals surface area contributed by atoms with Crippen molar-refractivity contribution in [3.05, 3.63) is 42.1 Å². The Bertz CT molecular complexity index is 811. The first-order chi connectivity index (χ1) is 10.7. The summed E-state index contributed by atoms with van der Waals surface area (Å²) in [5, 5.41) is 8.20. The summed E-state index contributed by atoms with van der Waals surface area (Å²) in [6.45, 7) is 2.12.